The summed E-state index contributed by atoms with van der Waals surface area (Å²) in [7, 11) is 0. The first kappa shape index (κ1) is 16.2. The van der Waals surface area contributed by atoms with Crippen LogP contribution in [-0.4, -0.2) is 12.6 Å². The Labute approximate surface area is 129 Å². The van der Waals surface area contributed by atoms with Crippen molar-refractivity contribution in [2.24, 2.45) is 0 Å². The molecule has 2 rings (SSSR count). The van der Waals surface area contributed by atoms with Gasteiger partial charge < -0.3 is 9.47 Å². The van der Waals surface area contributed by atoms with E-state index in [2.05, 4.69) is 0 Å². The maximum atomic E-state index is 13.4. The van der Waals surface area contributed by atoms with E-state index in [1.165, 1.54) is 0 Å². The van der Waals surface area contributed by atoms with Crippen molar-refractivity contribution in [1.82, 2.24) is 0 Å². The lowest BCUT2D eigenvalue weighted by molar-refractivity contribution is 0.0523. The highest BCUT2D eigenvalue weighted by atomic mass is 35.5. The van der Waals surface area contributed by atoms with Crippen molar-refractivity contribution in [3.63, 3.8) is 0 Å². The van der Waals surface area contributed by atoms with Gasteiger partial charge in [0.15, 0.2) is 5.75 Å². The molecule has 0 bridgehead atoms. The summed E-state index contributed by atoms with van der Waals surface area (Å²) in [6.07, 6.45) is 0. The second-order valence-corrected chi connectivity index (χ2v) is 4.54. The molecule has 0 N–H and O–H groups in total. The molecule has 0 saturated carbocycles. The van der Waals surface area contributed by atoms with Gasteiger partial charge in [-0.05, 0) is 19.1 Å². The van der Waals surface area contributed by atoms with E-state index >= 15 is 0 Å². The summed E-state index contributed by atoms with van der Waals surface area (Å²) in [6, 6.07) is 4.47. The largest absolute Gasteiger partial charge is 0.462 e. The molecular formula is C15H10ClF3O3. The highest BCUT2D eigenvalue weighted by molar-refractivity contribution is 6.32. The zero-order valence-corrected chi connectivity index (χ0v) is 12.1. The van der Waals surface area contributed by atoms with Gasteiger partial charge in [0.25, 0.3) is 0 Å². The Balaban J connectivity index is 2.45. The number of carbonyl (C=O) groups excluding carboxylic acids is 1. The van der Waals surface area contributed by atoms with Gasteiger partial charge in [0, 0.05) is 18.2 Å². The van der Waals surface area contributed by atoms with Crippen molar-refractivity contribution in [1.29, 1.82) is 0 Å². The van der Waals surface area contributed by atoms with Crippen LogP contribution in [0.4, 0.5) is 13.2 Å². The lowest BCUT2D eigenvalue weighted by Crippen LogP contribution is -2.07. The van der Waals surface area contributed by atoms with Crippen LogP contribution >= 0.6 is 11.6 Å². The van der Waals surface area contributed by atoms with E-state index in [1.54, 1.807) is 6.92 Å². The van der Waals surface area contributed by atoms with Crippen LogP contribution in [0.5, 0.6) is 11.5 Å². The van der Waals surface area contributed by atoms with Crippen molar-refractivity contribution in [3.8, 4) is 11.5 Å². The molecule has 0 atom stereocenters. The highest BCUT2D eigenvalue weighted by Gasteiger charge is 2.18. The monoisotopic (exact) mass is 330 g/mol. The smallest absolute Gasteiger partial charge is 0.341 e. The third-order valence-corrected chi connectivity index (χ3v) is 2.99. The quantitative estimate of drug-likeness (QED) is 0.600. The molecule has 0 radical (unpaired) electrons. The maximum absolute atomic E-state index is 13.4. The molecule has 22 heavy (non-hydrogen) atoms. The van der Waals surface area contributed by atoms with E-state index in [0.29, 0.717) is 6.07 Å². The number of halogens is 4. The molecule has 7 heteroatoms. The number of rotatable bonds is 4. The topological polar surface area (TPSA) is 35.5 Å². The van der Waals surface area contributed by atoms with Crippen molar-refractivity contribution in [2.45, 2.75) is 6.92 Å². The molecule has 0 aliphatic rings. The van der Waals surface area contributed by atoms with Crippen LogP contribution in [-0.2, 0) is 4.74 Å². The summed E-state index contributed by atoms with van der Waals surface area (Å²) >= 11 is 5.67. The van der Waals surface area contributed by atoms with Crippen LogP contribution in [0, 0.1) is 17.5 Å². The summed E-state index contributed by atoms with van der Waals surface area (Å²) in [6.45, 7) is 1.70. The molecule has 3 nitrogen and oxygen atoms in total. The first-order valence-electron chi connectivity index (χ1n) is 6.21. The summed E-state index contributed by atoms with van der Waals surface area (Å²) in [5, 5.41) is -0.486. The lowest BCUT2D eigenvalue weighted by atomic mass is 10.2. The van der Waals surface area contributed by atoms with Crippen LogP contribution in [0.15, 0.2) is 30.3 Å². The third-order valence-electron chi connectivity index (χ3n) is 2.62. The number of esters is 1. The Kier molecular flexibility index (Phi) is 4.92. The molecule has 0 aliphatic carbocycles. The standard InChI is InChI=1S/C15H10ClF3O3/c1-2-21-15(20)10-4-3-8(17)6-12(10)22-13-7-9(18)5-11(19)14(13)16/h3-7H,2H2,1H3. The molecule has 0 amide bonds. The van der Waals surface area contributed by atoms with Gasteiger partial charge in [-0.3, -0.25) is 0 Å². The van der Waals surface area contributed by atoms with Crippen LogP contribution in [0.3, 0.4) is 0 Å². The van der Waals surface area contributed by atoms with Gasteiger partial charge in [-0.2, -0.15) is 0 Å². The zero-order valence-electron chi connectivity index (χ0n) is 11.3. The van der Waals surface area contributed by atoms with Gasteiger partial charge in [0.1, 0.15) is 33.8 Å². The highest BCUT2D eigenvalue weighted by Crippen LogP contribution is 2.34. The van der Waals surface area contributed by atoms with Crippen molar-refractivity contribution in [3.05, 3.63) is 58.4 Å². The average molecular weight is 331 g/mol. The van der Waals surface area contributed by atoms with Crippen LogP contribution in [0.1, 0.15) is 17.3 Å². The summed E-state index contributed by atoms with van der Waals surface area (Å²) < 4.78 is 50.0. The molecule has 2 aromatic rings. The fourth-order valence-corrected chi connectivity index (χ4v) is 1.83. The molecule has 0 spiro atoms. The van der Waals surface area contributed by atoms with Crippen molar-refractivity contribution < 1.29 is 27.4 Å². The van der Waals surface area contributed by atoms with Crippen molar-refractivity contribution >= 4 is 17.6 Å². The number of ether oxygens (including phenoxy) is 2. The van der Waals surface area contributed by atoms with Gasteiger partial charge in [-0.15, -0.1) is 0 Å². The molecule has 2 aromatic carbocycles. The second kappa shape index (κ2) is 6.70. The molecule has 0 fully saturated rings. The Bertz CT molecular complexity index is 719. The predicted octanol–water partition coefficient (Wildman–Crippen LogP) is 4.73. The number of benzene rings is 2. The van der Waals surface area contributed by atoms with E-state index in [0.717, 1.165) is 24.3 Å². The molecule has 0 aromatic heterocycles. The molecule has 0 heterocycles. The fraction of sp³-hybridized carbons (Fsp3) is 0.133. The van der Waals surface area contributed by atoms with Crippen molar-refractivity contribution in [2.75, 3.05) is 6.61 Å². The van der Waals surface area contributed by atoms with E-state index < -0.39 is 28.4 Å². The zero-order chi connectivity index (χ0) is 16.3. The molecular weight excluding hydrogens is 321 g/mol. The summed E-state index contributed by atoms with van der Waals surface area (Å²) in [4.78, 5) is 11.8. The third kappa shape index (κ3) is 3.51. The Hall–Kier alpha value is -2.21. The Morgan fingerprint density at radius 3 is 2.45 bits per heavy atom. The van der Waals surface area contributed by atoms with Gasteiger partial charge in [-0.25, -0.2) is 18.0 Å². The average Bonchev–Trinajstić information content (AvgIpc) is 2.44. The van der Waals surface area contributed by atoms with Gasteiger partial charge in [0.2, 0.25) is 0 Å². The van der Waals surface area contributed by atoms with E-state index in [4.69, 9.17) is 21.1 Å². The maximum Gasteiger partial charge on any atom is 0.341 e. The van der Waals surface area contributed by atoms with Gasteiger partial charge in [0.05, 0.1) is 6.61 Å². The lowest BCUT2D eigenvalue weighted by Gasteiger charge is -2.12. The number of hydrogen-bond acceptors (Lipinski definition) is 3. The second-order valence-electron chi connectivity index (χ2n) is 4.16. The first-order valence-corrected chi connectivity index (χ1v) is 6.59. The number of carbonyl (C=O) groups is 1. The molecule has 0 saturated heterocycles. The van der Waals surface area contributed by atoms with Crippen LogP contribution in [0.2, 0.25) is 5.02 Å². The minimum Gasteiger partial charge on any atom is -0.462 e. The van der Waals surface area contributed by atoms with E-state index in [1.807, 2.05) is 0 Å². The van der Waals surface area contributed by atoms with E-state index in [-0.39, 0.29) is 23.7 Å². The van der Waals surface area contributed by atoms with Gasteiger partial charge >= 0.3 is 5.97 Å². The SMILES string of the molecule is CCOC(=O)c1ccc(F)cc1Oc1cc(F)cc(F)c1Cl. The Morgan fingerprint density at radius 1 is 1.09 bits per heavy atom. The summed E-state index contributed by atoms with van der Waals surface area (Å²) in [5.41, 5.74) is -0.0935. The predicted molar refractivity (Wildman–Crippen MR) is 73.8 cm³/mol. The number of hydrogen-bond donors (Lipinski definition) is 0. The molecule has 116 valence electrons. The minimum absolute atomic E-state index is 0.0935. The van der Waals surface area contributed by atoms with Crippen LogP contribution in [0.25, 0.3) is 0 Å². The van der Waals surface area contributed by atoms with Crippen LogP contribution < -0.4 is 4.74 Å². The van der Waals surface area contributed by atoms with Gasteiger partial charge in [-0.1, -0.05) is 11.6 Å². The van der Waals surface area contributed by atoms with E-state index in [9.17, 15) is 18.0 Å². The Morgan fingerprint density at radius 2 is 1.77 bits per heavy atom. The minimum atomic E-state index is -1.04. The molecule has 0 unspecified atom stereocenters. The first-order chi connectivity index (χ1) is 10.4. The normalized spacial score (nSPS) is 10.4. The summed E-state index contributed by atoms with van der Waals surface area (Å²) in [5.74, 6) is -4.06. The molecule has 0 aliphatic heterocycles. The fourth-order valence-electron chi connectivity index (χ4n) is 1.68.